The van der Waals surface area contributed by atoms with E-state index in [1.165, 1.54) is 12.4 Å². The largest absolute Gasteiger partial charge is 0.486 e. The first-order valence-electron chi connectivity index (χ1n) is 11.4. The van der Waals surface area contributed by atoms with Crippen LogP contribution < -0.4 is 10.1 Å². The number of hydrogen-bond acceptors (Lipinski definition) is 6. The standard InChI is InChI=1S/C26H25ClN6O2/c1-2-23(34)33-11-8-17(9-12-33)20-14-29-25-24(20)26(31-16-30-25)32-18-6-7-22(21(27)13-18)35-15-19-5-3-4-10-28-19/h2-7,10,13-14,16-17H,1,8-9,11-12,15H2,(H2,29,30,31,32). The van der Waals surface area contributed by atoms with Crippen LogP contribution in [0.4, 0.5) is 11.5 Å². The number of rotatable bonds is 7. The van der Waals surface area contributed by atoms with E-state index in [1.54, 1.807) is 6.20 Å². The van der Waals surface area contributed by atoms with E-state index in [4.69, 9.17) is 16.3 Å². The van der Waals surface area contributed by atoms with Crippen molar-refractivity contribution in [2.24, 2.45) is 0 Å². The topological polar surface area (TPSA) is 96.0 Å². The molecule has 0 spiro atoms. The fraction of sp³-hybridized carbons (Fsp3) is 0.231. The van der Waals surface area contributed by atoms with E-state index in [0.29, 0.717) is 42.2 Å². The highest BCUT2D eigenvalue weighted by Gasteiger charge is 2.26. The summed E-state index contributed by atoms with van der Waals surface area (Å²) < 4.78 is 5.83. The van der Waals surface area contributed by atoms with Crippen LogP contribution in [0.3, 0.4) is 0 Å². The van der Waals surface area contributed by atoms with Gasteiger partial charge in [0.2, 0.25) is 5.91 Å². The first-order valence-corrected chi connectivity index (χ1v) is 11.8. The highest BCUT2D eigenvalue weighted by atomic mass is 35.5. The van der Waals surface area contributed by atoms with Crippen LogP contribution in [0.15, 0.2) is 67.8 Å². The van der Waals surface area contributed by atoms with E-state index < -0.39 is 0 Å². The van der Waals surface area contributed by atoms with Crippen LogP contribution in [-0.4, -0.2) is 43.8 Å². The molecule has 0 bridgehead atoms. The Labute approximate surface area is 208 Å². The number of aromatic nitrogens is 4. The third-order valence-corrected chi connectivity index (χ3v) is 6.51. The first kappa shape index (κ1) is 22.9. The van der Waals surface area contributed by atoms with Crippen molar-refractivity contribution in [1.29, 1.82) is 0 Å². The second-order valence-corrected chi connectivity index (χ2v) is 8.78. The Morgan fingerprint density at radius 1 is 1.23 bits per heavy atom. The predicted octanol–water partition coefficient (Wildman–Crippen LogP) is 5.22. The first-order chi connectivity index (χ1) is 17.1. The van der Waals surface area contributed by atoms with Crippen LogP contribution in [0.25, 0.3) is 11.0 Å². The van der Waals surface area contributed by atoms with Gasteiger partial charge in [0, 0.05) is 31.2 Å². The summed E-state index contributed by atoms with van der Waals surface area (Å²) >= 11 is 6.50. The van der Waals surface area contributed by atoms with Gasteiger partial charge in [0.25, 0.3) is 0 Å². The average molecular weight is 489 g/mol. The Hall–Kier alpha value is -3.91. The van der Waals surface area contributed by atoms with Gasteiger partial charge in [-0.2, -0.15) is 0 Å². The van der Waals surface area contributed by atoms with Gasteiger partial charge in [0.05, 0.1) is 16.1 Å². The van der Waals surface area contributed by atoms with Gasteiger partial charge in [0.15, 0.2) is 0 Å². The molecular weight excluding hydrogens is 464 g/mol. The maximum absolute atomic E-state index is 11.9. The van der Waals surface area contributed by atoms with E-state index >= 15 is 0 Å². The third kappa shape index (κ3) is 4.97. The lowest BCUT2D eigenvalue weighted by atomic mass is 9.89. The monoisotopic (exact) mass is 488 g/mol. The number of halogens is 1. The van der Waals surface area contributed by atoms with Crippen LogP contribution in [0.5, 0.6) is 5.75 Å². The quantitative estimate of drug-likeness (QED) is 0.346. The van der Waals surface area contributed by atoms with Gasteiger partial charge in [-0.15, -0.1) is 0 Å². The number of pyridine rings is 1. The smallest absolute Gasteiger partial charge is 0.245 e. The van der Waals surface area contributed by atoms with Crippen molar-refractivity contribution in [1.82, 2.24) is 24.8 Å². The molecule has 5 rings (SSSR count). The summed E-state index contributed by atoms with van der Waals surface area (Å²) in [5, 5.41) is 4.83. The number of amides is 1. The third-order valence-electron chi connectivity index (χ3n) is 6.22. The summed E-state index contributed by atoms with van der Waals surface area (Å²) in [5.41, 5.74) is 3.53. The van der Waals surface area contributed by atoms with Crippen LogP contribution in [-0.2, 0) is 11.4 Å². The number of fused-ring (bicyclic) bond motifs is 1. The molecule has 1 saturated heterocycles. The number of piperidine rings is 1. The lowest BCUT2D eigenvalue weighted by Crippen LogP contribution is -2.36. The molecule has 1 aliphatic heterocycles. The Kier molecular flexibility index (Phi) is 6.63. The molecule has 4 aromatic rings. The number of aromatic amines is 1. The maximum atomic E-state index is 11.9. The Morgan fingerprint density at radius 2 is 2.09 bits per heavy atom. The summed E-state index contributed by atoms with van der Waals surface area (Å²) in [6, 6.07) is 11.2. The van der Waals surface area contributed by atoms with Crippen LogP contribution >= 0.6 is 11.6 Å². The number of ether oxygens (including phenoxy) is 1. The molecular formula is C26H25ClN6O2. The maximum Gasteiger partial charge on any atom is 0.245 e. The normalized spacial score (nSPS) is 14.1. The van der Waals surface area contributed by atoms with Gasteiger partial charge in [-0.1, -0.05) is 24.2 Å². The zero-order chi connectivity index (χ0) is 24.2. The fourth-order valence-electron chi connectivity index (χ4n) is 4.41. The van der Waals surface area contributed by atoms with Gasteiger partial charge in [-0.25, -0.2) is 9.97 Å². The average Bonchev–Trinajstić information content (AvgIpc) is 3.34. The minimum Gasteiger partial charge on any atom is -0.486 e. The number of nitrogens with one attached hydrogen (secondary N) is 2. The number of nitrogens with zero attached hydrogens (tertiary/aromatic N) is 4. The molecule has 0 saturated carbocycles. The lowest BCUT2D eigenvalue weighted by molar-refractivity contribution is -0.127. The molecule has 1 aromatic carbocycles. The fourth-order valence-corrected chi connectivity index (χ4v) is 4.65. The van der Waals surface area contributed by atoms with Crippen molar-refractivity contribution in [2.75, 3.05) is 18.4 Å². The molecule has 0 radical (unpaired) electrons. The van der Waals surface area contributed by atoms with Crippen molar-refractivity contribution in [3.05, 3.63) is 84.1 Å². The number of likely N-dealkylation sites (tertiary alicyclic amines) is 1. The van der Waals surface area contributed by atoms with Crippen molar-refractivity contribution in [2.45, 2.75) is 25.4 Å². The SMILES string of the molecule is C=CC(=O)N1CCC(c2c[nH]c3ncnc(Nc4ccc(OCc5ccccn5)c(Cl)c4)c23)CC1. The molecule has 2 N–H and O–H groups in total. The molecule has 35 heavy (non-hydrogen) atoms. The van der Waals surface area contributed by atoms with E-state index in [0.717, 1.165) is 40.8 Å². The molecule has 4 heterocycles. The molecule has 0 aliphatic carbocycles. The molecule has 1 amide bonds. The highest BCUT2D eigenvalue weighted by molar-refractivity contribution is 6.32. The predicted molar refractivity (Wildman–Crippen MR) is 136 cm³/mol. The summed E-state index contributed by atoms with van der Waals surface area (Å²) in [6.45, 7) is 5.33. The molecule has 1 fully saturated rings. The molecule has 0 unspecified atom stereocenters. The minimum absolute atomic E-state index is 0.0163. The second-order valence-electron chi connectivity index (χ2n) is 8.37. The van der Waals surface area contributed by atoms with E-state index in [-0.39, 0.29) is 5.91 Å². The zero-order valence-corrected chi connectivity index (χ0v) is 19.8. The summed E-state index contributed by atoms with van der Waals surface area (Å²) in [7, 11) is 0. The van der Waals surface area contributed by atoms with Crippen molar-refractivity contribution >= 4 is 40.0 Å². The van der Waals surface area contributed by atoms with Gasteiger partial charge >= 0.3 is 0 Å². The Bertz CT molecular complexity index is 1350. The zero-order valence-electron chi connectivity index (χ0n) is 19.1. The van der Waals surface area contributed by atoms with E-state index in [9.17, 15) is 4.79 Å². The molecule has 8 nitrogen and oxygen atoms in total. The Balaban J connectivity index is 1.33. The lowest BCUT2D eigenvalue weighted by Gasteiger charge is -2.31. The van der Waals surface area contributed by atoms with Crippen LogP contribution in [0.1, 0.15) is 30.0 Å². The number of H-pyrrole nitrogens is 1. The van der Waals surface area contributed by atoms with E-state index in [2.05, 4.69) is 31.8 Å². The molecule has 1 aliphatic rings. The van der Waals surface area contributed by atoms with Crippen LogP contribution in [0.2, 0.25) is 5.02 Å². The number of carbonyl (C=O) groups excluding carboxylic acids is 1. The summed E-state index contributed by atoms with van der Waals surface area (Å²) in [4.78, 5) is 30.2. The number of benzene rings is 1. The van der Waals surface area contributed by atoms with E-state index in [1.807, 2.05) is 47.5 Å². The molecule has 0 atom stereocenters. The highest BCUT2D eigenvalue weighted by Crippen LogP contribution is 2.37. The second kappa shape index (κ2) is 10.1. The van der Waals surface area contributed by atoms with Gasteiger partial charge in [-0.3, -0.25) is 9.78 Å². The molecule has 178 valence electrons. The van der Waals surface area contributed by atoms with Gasteiger partial charge in [0.1, 0.15) is 30.1 Å². The van der Waals surface area contributed by atoms with Crippen molar-refractivity contribution < 1.29 is 9.53 Å². The Morgan fingerprint density at radius 3 is 2.83 bits per heavy atom. The molecule has 9 heteroatoms. The van der Waals surface area contributed by atoms with Crippen LogP contribution in [0, 0.1) is 0 Å². The number of hydrogen-bond donors (Lipinski definition) is 2. The number of carbonyl (C=O) groups is 1. The number of anilines is 2. The summed E-state index contributed by atoms with van der Waals surface area (Å²) in [5.74, 6) is 1.57. The van der Waals surface area contributed by atoms with Gasteiger partial charge in [-0.05, 0) is 60.7 Å². The minimum atomic E-state index is -0.0163. The molecule has 3 aromatic heterocycles. The van der Waals surface area contributed by atoms with Gasteiger partial charge < -0.3 is 19.9 Å². The van der Waals surface area contributed by atoms with Crippen molar-refractivity contribution in [3.8, 4) is 5.75 Å². The summed E-state index contributed by atoms with van der Waals surface area (Å²) in [6.07, 6.45) is 8.38. The van der Waals surface area contributed by atoms with Crippen molar-refractivity contribution in [3.63, 3.8) is 0 Å².